The lowest BCUT2D eigenvalue weighted by atomic mass is 10.1. The van der Waals surface area contributed by atoms with E-state index in [0.29, 0.717) is 25.5 Å². The largest absolute Gasteiger partial charge is 0.490 e. The number of nitrogens with one attached hydrogen (secondary N) is 1. The van der Waals surface area contributed by atoms with Crippen molar-refractivity contribution in [2.75, 3.05) is 11.9 Å². The van der Waals surface area contributed by atoms with Gasteiger partial charge >= 0.3 is 0 Å². The maximum absolute atomic E-state index is 13.1. The van der Waals surface area contributed by atoms with E-state index in [-0.39, 0.29) is 5.82 Å². The predicted molar refractivity (Wildman–Crippen MR) is 120 cm³/mol. The van der Waals surface area contributed by atoms with Crippen LogP contribution in [0.5, 0.6) is 11.5 Å². The highest BCUT2D eigenvalue weighted by molar-refractivity contribution is 14.1. The van der Waals surface area contributed by atoms with Crippen molar-refractivity contribution in [1.82, 2.24) is 0 Å². The zero-order valence-electron chi connectivity index (χ0n) is 16.0. The Morgan fingerprint density at radius 1 is 0.964 bits per heavy atom. The maximum atomic E-state index is 13.1. The summed E-state index contributed by atoms with van der Waals surface area (Å²) in [4.78, 5) is 0. The molecule has 0 spiro atoms. The fraction of sp³-hybridized carbons (Fsp3) is 0.217. The molecule has 0 amide bonds. The van der Waals surface area contributed by atoms with Crippen molar-refractivity contribution >= 4 is 28.3 Å². The molecule has 0 saturated carbocycles. The third-order valence-corrected chi connectivity index (χ3v) is 4.98. The second-order valence-corrected chi connectivity index (χ2v) is 7.64. The standard InChI is InChI=1S/C23H23FINO2/c1-3-27-22-13-18(14-26-20-6-4-5-16(2)11-20)12-21(25)23(22)28-15-17-7-9-19(24)10-8-17/h4-13,26H,3,14-15H2,1-2H3. The Balaban J connectivity index is 1.74. The van der Waals surface area contributed by atoms with Crippen LogP contribution < -0.4 is 14.8 Å². The van der Waals surface area contributed by atoms with Crippen LogP contribution in [-0.4, -0.2) is 6.61 Å². The molecule has 5 heteroatoms. The quantitative estimate of drug-likeness (QED) is 0.374. The van der Waals surface area contributed by atoms with Gasteiger partial charge in [-0.25, -0.2) is 4.39 Å². The molecule has 0 heterocycles. The monoisotopic (exact) mass is 491 g/mol. The summed E-state index contributed by atoms with van der Waals surface area (Å²) in [6.07, 6.45) is 0. The van der Waals surface area contributed by atoms with Gasteiger partial charge in [0.05, 0.1) is 10.2 Å². The first kappa shape index (κ1) is 20.5. The van der Waals surface area contributed by atoms with Gasteiger partial charge in [0.1, 0.15) is 12.4 Å². The molecule has 146 valence electrons. The molecular formula is C23H23FINO2. The Morgan fingerprint density at radius 2 is 1.75 bits per heavy atom. The van der Waals surface area contributed by atoms with Crippen molar-refractivity contribution < 1.29 is 13.9 Å². The topological polar surface area (TPSA) is 30.5 Å². The van der Waals surface area contributed by atoms with Crippen molar-refractivity contribution in [3.63, 3.8) is 0 Å². The fourth-order valence-electron chi connectivity index (χ4n) is 2.82. The Bertz CT molecular complexity index is 928. The molecule has 3 rings (SSSR count). The predicted octanol–water partition coefficient (Wildman–Crippen LogP) is 6.33. The van der Waals surface area contributed by atoms with E-state index in [0.717, 1.165) is 26.1 Å². The van der Waals surface area contributed by atoms with Crippen LogP contribution in [0.15, 0.2) is 60.7 Å². The first-order valence-corrected chi connectivity index (χ1v) is 10.3. The van der Waals surface area contributed by atoms with Gasteiger partial charge in [-0.3, -0.25) is 0 Å². The summed E-state index contributed by atoms with van der Waals surface area (Å²) in [5.41, 5.74) is 4.33. The van der Waals surface area contributed by atoms with Gasteiger partial charge < -0.3 is 14.8 Å². The zero-order chi connectivity index (χ0) is 19.9. The lowest BCUT2D eigenvalue weighted by molar-refractivity contribution is 0.267. The minimum absolute atomic E-state index is 0.251. The van der Waals surface area contributed by atoms with Crippen LogP contribution in [0.3, 0.4) is 0 Å². The molecule has 0 aliphatic carbocycles. The molecule has 3 aromatic rings. The molecule has 0 atom stereocenters. The zero-order valence-corrected chi connectivity index (χ0v) is 18.1. The van der Waals surface area contributed by atoms with Gasteiger partial charge in [0.2, 0.25) is 0 Å². The SMILES string of the molecule is CCOc1cc(CNc2cccc(C)c2)cc(I)c1OCc1ccc(F)cc1. The molecule has 0 aromatic heterocycles. The highest BCUT2D eigenvalue weighted by atomic mass is 127. The van der Waals surface area contributed by atoms with E-state index in [1.54, 1.807) is 12.1 Å². The number of rotatable bonds is 8. The van der Waals surface area contributed by atoms with Crippen molar-refractivity contribution in [3.8, 4) is 11.5 Å². The van der Waals surface area contributed by atoms with Crippen LogP contribution in [0.2, 0.25) is 0 Å². The average Bonchev–Trinajstić information content (AvgIpc) is 2.67. The minimum Gasteiger partial charge on any atom is -0.490 e. The number of aryl methyl sites for hydroxylation is 1. The second-order valence-electron chi connectivity index (χ2n) is 6.48. The molecular weight excluding hydrogens is 468 g/mol. The number of hydrogen-bond acceptors (Lipinski definition) is 3. The number of hydrogen-bond donors (Lipinski definition) is 1. The van der Waals surface area contributed by atoms with Gasteiger partial charge in [-0.05, 0) is 89.5 Å². The summed E-state index contributed by atoms with van der Waals surface area (Å²) in [6, 6.07) is 18.7. The van der Waals surface area contributed by atoms with E-state index in [1.807, 2.05) is 19.1 Å². The summed E-state index contributed by atoms with van der Waals surface area (Å²) in [5, 5.41) is 3.45. The first-order valence-electron chi connectivity index (χ1n) is 9.18. The third kappa shape index (κ3) is 5.61. The third-order valence-electron chi connectivity index (χ3n) is 4.18. The van der Waals surface area contributed by atoms with E-state index < -0.39 is 0 Å². The number of ether oxygens (including phenoxy) is 2. The van der Waals surface area contributed by atoms with Crippen molar-refractivity contribution in [3.05, 3.63) is 86.7 Å². The van der Waals surface area contributed by atoms with Gasteiger partial charge in [-0.15, -0.1) is 0 Å². The van der Waals surface area contributed by atoms with Crippen molar-refractivity contribution in [1.29, 1.82) is 0 Å². The first-order chi connectivity index (χ1) is 13.5. The minimum atomic E-state index is -0.251. The van der Waals surface area contributed by atoms with Gasteiger partial charge in [0.15, 0.2) is 11.5 Å². The van der Waals surface area contributed by atoms with Crippen LogP contribution in [0.4, 0.5) is 10.1 Å². The Morgan fingerprint density at radius 3 is 2.46 bits per heavy atom. The second kappa shape index (κ2) is 9.78. The summed E-state index contributed by atoms with van der Waals surface area (Å²) >= 11 is 2.27. The van der Waals surface area contributed by atoms with Crippen molar-refractivity contribution in [2.45, 2.75) is 27.0 Å². The maximum Gasteiger partial charge on any atom is 0.174 e. The molecule has 3 nitrogen and oxygen atoms in total. The molecule has 0 radical (unpaired) electrons. The lowest BCUT2D eigenvalue weighted by Crippen LogP contribution is -2.05. The summed E-state index contributed by atoms with van der Waals surface area (Å²) in [5.74, 6) is 1.18. The summed E-state index contributed by atoms with van der Waals surface area (Å²) in [6.45, 7) is 5.63. The molecule has 0 aliphatic heterocycles. The van der Waals surface area contributed by atoms with E-state index in [9.17, 15) is 4.39 Å². The van der Waals surface area contributed by atoms with E-state index in [2.05, 4.69) is 59.1 Å². The molecule has 0 unspecified atom stereocenters. The number of anilines is 1. The van der Waals surface area contributed by atoms with E-state index in [1.165, 1.54) is 17.7 Å². The number of benzene rings is 3. The summed E-state index contributed by atoms with van der Waals surface area (Å²) in [7, 11) is 0. The van der Waals surface area contributed by atoms with E-state index in [4.69, 9.17) is 9.47 Å². The Kier molecular flexibility index (Phi) is 7.14. The smallest absolute Gasteiger partial charge is 0.174 e. The molecule has 1 N–H and O–H groups in total. The molecule has 28 heavy (non-hydrogen) atoms. The Labute approximate surface area is 179 Å². The molecule has 0 bridgehead atoms. The molecule has 0 aliphatic rings. The van der Waals surface area contributed by atoms with Crippen LogP contribution in [0.1, 0.15) is 23.6 Å². The molecule has 0 saturated heterocycles. The van der Waals surface area contributed by atoms with Crippen molar-refractivity contribution in [2.24, 2.45) is 0 Å². The molecule has 0 fully saturated rings. The van der Waals surface area contributed by atoms with Gasteiger partial charge in [0.25, 0.3) is 0 Å². The van der Waals surface area contributed by atoms with Crippen LogP contribution in [-0.2, 0) is 13.2 Å². The number of halogens is 2. The van der Waals surface area contributed by atoms with Gasteiger partial charge in [0, 0.05) is 12.2 Å². The normalized spacial score (nSPS) is 10.6. The summed E-state index contributed by atoms with van der Waals surface area (Å²) < 4.78 is 25.9. The lowest BCUT2D eigenvalue weighted by Gasteiger charge is -2.16. The van der Waals surface area contributed by atoms with Crippen LogP contribution in [0.25, 0.3) is 0 Å². The highest BCUT2D eigenvalue weighted by Gasteiger charge is 2.13. The van der Waals surface area contributed by atoms with Crippen LogP contribution in [0, 0.1) is 16.3 Å². The van der Waals surface area contributed by atoms with Gasteiger partial charge in [-0.1, -0.05) is 24.3 Å². The van der Waals surface area contributed by atoms with Gasteiger partial charge in [-0.2, -0.15) is 0 Å². The van der Waals surface area contributed by atoms with Crippen LogP contribution >= 0.6 is 22.6 Å². The molecule has 3 aromatic carbocycles. The Hall–Kier alpha value is -2.28. The average molecular weight is 491 g/mol. The fourth-order valence-corrected chi connectivity index (χ4v) is 3.64. The van der Waals surface area contributed by atoms with E-state index >= 15 is 0 Å². The highest BCUT2D eigenvalue weighted by Crippen LogP contribution is 2.35.